The Bertz CT molecular complexity index is 1370. The monoisotopic (exact) mass is 534 g/mol. The van der Waals surface area contributed by atoms with Gasteiger partial charge in [0.2, 0.25) is 11.2 Å². The molecular formula is C27H29F3N2O6. The van der Waals surface area contributed by atoms with Crippen molar-refractivity contribution in [3.63, 3.8) is 0 Å². The van der Waals surface area contributed by atoms with Gasteiger partial charge in [0.05, 0.1) is 43.9 Å². The molecule has 2 aliphatic heterocycles. The summed E-state index contributed by atoms with van der Waals surface area (Å²) in [5.74, 6) is -0.420. The highest BCUT2D eigenvalue weighted by Crippen LogP contribution is 2.41. The van der Waals surface area contributed by atoms with Crippen molar-refractivity contribution in [2.24, 2.45) is 0 Å². The van der Waals surface area contributed by atoms with Gasteiger partial charge in [-0.15, -0.1) is 0 Å². The largest absolute Gasteiger partial charge is 0.493 e. The van der Waals surface area contributed by atoms with Crippen LogP contribution in [0.3, 0.4) is 0 Å². The molecule has 0 unspecified atom stereocenters. The van der Waals surface area contributed by atoms with Crippen molar-refractivity contribution < 1.29 is 36.5 Å². The lowest BCUT2D eigenvalue weighted by atomic mass is 9.99. The van der Waals surface area contributed by atoms with Crippen LogP contribution < -0.4 is 19.6 Å². The second kappa shape index (κ2) is 10.8. The predicted octanol–water partition coefficient (Wildman–Crippen LogP) is 4.37. The van der Waals surface area contributed by atoms with Gasteiger partial charge in [0.15, 0.2) is 11.5 Å². The molecule has 0 radical (unpaired) electrons. The lowest BCUT2D eigenvalue weighted by Gasteiger charge is -2.31. The maximum atomic E-state index is 14.3. The van der Waals surface area contributed by atoms with E-state index < -0.39 is 22.9 Å². The van der Waals surface area contributed by atoms with Gasteiger partial charge >= 0.3 is 6.18 Å². The van der Waals surface area contributed by atoms with Gasteiger partial charge in [0, 0.05) is 26.2 Å². The summed E-state index contributed by atoms with van der Waals surface area (Å²) in [6, 6.07) is 7.24. The predicted molar refractivity (Wildman–Crippen MR) is 134 cm³/mol. The molecule has 0 amide bonds. The Balaban J connectivity index is 1.51. The van der Waals surface area contributed by atoms with Crippen LogP contribution in [0.5, 0.6) is 17.2 Å². The molecule has 0 spiro atoms. The number of hydrogen-bond acceptors (Lipinski definition) is 8. The van der Waals surface area contributed by atoms with Crippen molar-refractivity contribution in [3.05, 3.63) is 51.9 Å². The van der Waals surface area contributed by atoms with E-state index in [2.05, 4.69) is 4.90 Å². The lowest BCUT2D eigenvalue weighted by Crippen LogP contribution is -2.39. The van der Waals surface area contributed by atoms with Crippen LogP contribution in [0, 0.1) is 0 Å². The Morgan fingerprint density at radius 2 is 1.71 bits per heavy atom. The minimum atomic E-state index is -4.91. The number of morpholine rings is 1. The van der Waals surface area contributed by atoms with Crippen molar-refractivity contribution in [2.45, 2.75) is 19.1 Å². The molecule has 0 N–H and O–H groups in total. The third-order valence-corrected chi connectivity index (χ3v) is 6.89. The molecule has 3 aromatic rings. The summed E-state index contributed by atoms with van der Waals surface area (Å²) in [4.78, 5) is 17.9. The van der Waals surface area contributed by atoms with Gasteiger partial charge in [-0.05, 0) is 42.8 Å². The van der Waals surface area contributed by atoms with E-state index in [0.717, 1.165) is 39.3 Å². The van der Waals surface area contributed by atoms with Crippen molar-refractivity contribution in [1.82, 2.24) is 9.80 Å². The first-order chi connectivity index (χ1) is 18.3. The zero-order valence-corrected chi connectivity index (χ0v) is 21.2. The van der Waals surface area contributed by atoms with Crippen LogP contribution in [0.1, 0.15) is 17.7 Å². The van der Waals surface area contributed by atoms with E-state index >= 15 is 0 Å². The fourth-order valence-electron chi connectivity index (χ4n) is 4.95. The van der Waals surface area contributed by atoms with E-state index in [4.69, 9.17) is 23.4 Å². The summed E-state index contributed by atoms with van der Waals surface area (Å²) in [6.45, 7) is 5.41. The molecular weight excluding hydrogens is 505 g/mol. The van der Waals surface area contributed by atoms with Gasteiger partial charge in [-0.2, -0.15) is 13.2 Å². The third-order valence-electron chi connectivity index (χ3n) is 6.89. The molecule has 0 bridgehead atoms. The molecule has 1 aromatic heterocycles. The van der Waals surface area contributed by atoms with E-state index in [1.165, 1.54) is 38.5 Å². The molecule has 3 heterocycles. The van der Waals surface area contributed by atoms with E-state index in [-0.39, 0.29) is 22.3 Å². The molecule has 0 saturated carbocycles. The lowest BCUT2D eigenvalue weighted by molar-refractivity contribution is -0.152. The van der Waals surface area contributed by atoms with E-state index in [1.54, 1.807) is 6.07 Å². The summed E-state index contributed by atoms with van der Waals surface area (Å²) in [6.07, 6.45) is -4.05. The first kappa shape index (κ1) is 26.3. The number of fused-ring (bicyclic) bond motifs is 3. The van der Waals surface area contributed by atoms with Crippen molar-refractivity contribution in [1.29, 1.82) is 0 Å². The van der Waals surface area contributed by atoms with Gasteiger partial charge < -0.3 is 23.4 Å². The number of methoxy groups -OCH3 is 2. The molecule has 5 rings (SSSR count). The SMILES string of the molecule is COc1ccc(-c2c(C(F)(F)F)oc3c4c(ccc3c2=O)OCN(CCCN2CCOCC2)C4)cc1OC. The summed E-state index contributed by atoms with van der Waals surface area (Å²) in [5, 5.41) is 0.0558. The second-order valence-electron chi connectivity index (χ2n) is 9.26. The second-order valence-corrected chi connectivity index (χ2v) is 9.26. The molecule has 2 aromatic carbocycles. The highest BCUT2D eigenvalue weighted by atomic mass is 19.4. The molecule has 11 heteroatoms. The van der Waals surface area contributed by atoms with E-state index in [1.807, 2.05) is 4.90 Å². The van der Waals surface area contributed by atoms with Gasteiger partial charge in [0.25, 0.3) is 0 Å². The Morgan fingerprint density at radius 3 is 2.42 bits per heavy atom. The highest BCUT2D eigenvalue weighted by Gasteiger charge is 2.40. The van der Waals surface area contributed by atoms with Crippen molar-refractivity contribution in [3.8, 4) is 28.4 Å². The zero-order chi connectivity index (χ0) is 26.9. The number of nitrogens with zero attached hydrogens (tertiary/aromatic N) is 2. The average Bonchev–Trinajstić information content (AvgIpc) is 2.92. The van der Waals surface area contributed by atoms with Gasteiger partial charge in [-0.1, -0.05) is 6.07 Å². The molecule has 8 nitrogen and oxygen atoms in total. The normalized spacial score (nSPS) is 16.8. The van der Waals surface area contributed by atoms with E-state index in [0.29, 0.717) is 36.9 Å². The van der Waals surface area contributed by atoms with E-state index in [9.17, 15) is 18.0 Å². The smallest absolute Gasteiger partial charge is 0.450 e. The minimum Gasteiger partial charge on any atom is -0.493 e. The fraction of sp³-hybridized carbons (Fsp3) is 0.444. The van der Waals surface area contributed by atoms with Gasteiger partial charge in [0.1, 0.15) is 18.1 Å². The topological polar surface area (TPSA) is 73.6 Å². The maximum Gasteiger partial charge on any atom is 0.450 e. The molecule has 204 valence electrons. The first-order valence-corrected chi connectivity index (χ1v) is 12.4. The summed E-state index contributed by atoms with van der Waals surface area (Å²) in [7, 11) is 2.79. The van der Waals surface area contributed by atoms with Crippen LogP contribution in [-0.2, 0) is 17.5 Å². The Morgan fingerprint density at radius 1 is 0.974 bits per heavy atom. The number of halogens is 3. The number of rotatable bonds is 7. The van der Waals surface area contributed by atoms with Crippen molar-refractivity contribution >= 4 is 11.0 Å². The molecule has 2 aliphatic rings. The summed E-state index contributed by atoms with van der Waals surface area (Å²) < 4.78 is 70.0. The van der Waals surface area contributed by atoms with Crippen LogP contribution in [0.25, 0.3) is 22.1 Å². The van der Waals surface area contributed by atoms with Crippen LogP contribution in [-0.4, -0.2) is 70.1 Å². The molecule has 38 heavy (non-hydrogen) atoms. The Kier molecular flexibility index (Phi) is 7.51. The third kappa shape index (κ3) is 5.18. The Labute approximate surface area is 217 Å². The number of alkyl halides is 3. The number of ether oxygens (including phenoxy) is 4. The van der Waals surface area contributed by atoms with Crippen LogP contribution in [0.2, 0.25) is 0 Å². The summed E-state index contributed by atoms with van der Waals surface area (Å²) in [5.41, 5.74) is -1.02. The quantitative estimate of drug-likeness (QED) is 0.443. The number of hydrogen-bond donors (Lipinski definition) is 0. The molecule has 1 saturated heterocycles. The first-order valence-electron chi connectivity index (χ1n) is 12.4. The standard InChI is InChI=1S/C27H29F3N2O6/c1-34-21-6-4-17(14-22(21)35-2)23-24(33)18-5-7-20-19(25(18)38-26(23)27(28,29)30)15-32(16-37-20)9-3-8-31-10-12-36-13-11-31/h4-7,14H,3,8-13,15-16H2,1-2H3. The molecule has 1 fully saturated rings. The van der Waals surface area contributed by atoms with Gasteiger partial charge in [-0.25, -0.2) is 0 Å². The van der Waals surface area contributed by atoms with Crippen LogP contribution in [0.4, 0.5) is 13.2 Å². The van der Waals surface area contributed by atoms with Crippen LogP contribution in [0.15, 0.2) is 39.5 Å². The zero-order valence-electron chi connectivity index (χ0n) is 21.2. The molecule has 0 aliphatic carbocycles. The maximum absolute atomic E-state index is 14.3. The van der Waals surface area contributed by atoms with Gasteiger partial charge in [-0.3, -0.25) is 14.6 Å². The van der Waals surface area contributed by atoms with Crippen molar-refractivity contribution in [2.75, 3.05) is 60.3 Å². The highest BCUT2D eigenvalue weighted by molar-refractivity contribution is 5.87. The molecule has 0 atom stereocenters. The van der Waals surface area contributed by atoms with Crippen LogP contribution >= 0.6 is 0 Å². The number of benzene rings is 2. The fourth-order valence-corrected chi connectivity index (χ4v) is 4.95. The minimum absolute atomic E-state index is 0.0179. The average molecular weight is 535 g/mol. The Hall–Kier alpha value is -3.28. The summed E-state index contributed by atoms with van der Waals surface area (Å²) >= 11 is 0.